The van der Waals surface area contributed by atoms with E-state index in [-0.39, 0.29) is 23.0 Å². The zero-order valence-corrected chi connectivity index (χ0v) is 17.5. The van der Waals surface area contributed by atoms with Crippen molar-refractivity contribution in [3.63, 3.8) is 0 Å². The molecule has 4 aliphatic rings. The first-order chi connectivity index (χ1) is 15.5. The van der Waals surface area contributed by atoms with Crippen LogP contribution in [0.4, 0.5) is 0 Å². The Balaban J connectivity index is 1.67. The summed E-state index contributed by atoms with van der Waals surface area (Å²) in [5.41, 5.74) is 7.61. The number of ketones is 2. The van der Waals surface area contributed by atoms with Crippen LogP contribution in [0.5, 0.6) is 11.5 Å². The summed E-state index contributed by atoms with van der Waals surface area (Å²) in [6.07, 6.45) is 11.6. The van der Waals surface area contributed by atoms with Gasteiger partial charge in [-0.25, -0.2) is 0 Å². The lowest BCUT2D eigenvalue weighted by molar-refractivity contribution is -0.125. The topological polar surface area (TPSA) is 98.9 Å². The van der Waals surface area contributed by atoms with Crippen molar-refractivity contribution in [2.45, 2.75) is 19.4 Å². The second kappa shape index (κ2) is 7.67. The Morgan fingerprint density at radius 1 is 1.25 bits per heavy atom. The van der Waals surface area contributed by atoms with E-state index in [9.17, 15) is 14.4 Å². The van der Waals surface area contributed by atoms with E-state index in [0.29, 0.717) is 42.2 Å². The van der Waals surface area contributed by atoms with Gasteiger partial charge in [0.2, 0.25) is 17.5 Å². The maximum absolute atomic E-state index is 13.6. The minimum absolute atomic E-state index is 0.0297. The number of carbonyl (C=O) groups excluding carboxylic acids is 3. The Labute approximate surface area is 185 Å². The Morgan fingerprint density at radius 2 is 2.09 bits per heavy atom. The zero-order valence-electron chi connectivity index (χ0n) is 17.5. The number of primary amides is 1. The molecule has 5 rings (SSSR count). The molecule has 0 aromatic heterocycles. The summed E-state index contributed by atoms with van der Waals surface area (Å²) < 4.78 is 11.6. The summed E-state index contributed by atoms with van der Waals surface area (Å²) in [6.45, 7) is 0.301. The number of hydrogen-bond donors (Lipinski definition) is 1. The highest BCUT2D eigenvalue weighted by atomic mass is 16.5. The van der Waals surface area contributed by atoms with Crippen molar-refractivity contribution in [2.24, 2.45) is 17.6 Å². The summed E-state index contributed by atoms with van der Waals surface area (Å²) in [4.78, 5) is 40.5. The van der Waals surface area contributed by atoms with Crippen LogP contribution in [0.2, 0.25) is 0 Å². The molecule has 7 nitrogen and oxygen atoms in total. The molecule has 2 N–H and O–H groups in total. The monoisotopic (exact) mass is 430 g/mol. The number of methoxy groups -OCH3 is 1. The molecular formula is C25H22N2O5. The minimum Gasteiger partial charge on any atom is -0.493 e. The minimum atomic E-state index is -0.556. The van der Waals surface area contributed by atoms with Crippen LogP contribution in [0.25, 0.3) is 0 Å². The highest BCUT2D eigenvalue weighted by Crippen LogP contribution is 2.44. The van der Waals surface area contributed by atoms with Crippen molar-refractivity contribution in [3.8, 4) is 11.5 Å². The first kappa shape index (κ1) is 20.1. The molecule has 32 heavy (non-hydrogen) atoms. The normalized spacial score (nSPS) is 24.0. The SMILES string of the molecule is COc1cccc2c1OC1=C(C(=O)C3=CC=CCC3C1=O)N(C1=CCC(C(N)=O)C=C1)C2. The molecule has 2 unspecified atom stereocenters. The van der Waals surface area contributed by atoms with Crippen LogP contribution in [0.15, 0.2) is 77.4 Å². The molecule has 2 atom stereocenters. The molecule has 0 saturated carbocycles. The molecule has 1 heterocycles. The van der Waals surface area contributed by atoms with Gasteiger partial charge in [0.1, 0.15) is 5.70 Å². The van der Waals surface area contributed by atoms with Gasteiger partial charge in [0, 0.05) is 16.8 Å². The first-order valence-corrected chi connectivity index (χ1v) is 10.5. The number of ether oxygens (including phenoxy) is 2. The van der Waals surface area contributed by atoms with Gasteiger partial charge in [-0.1, -0.05) is 42.5 Å². The Hall–Kier alpha value is -3.87. The Bertz CT molecular complexity index is 1200. The zero-order chi connectivity index (χ0) is 22.4. The number of allylic oxidation sites excluding steroid dienone is 7. The molecule has 0 radical (unpaired) electrons. The molecule has 0 bridgehead atoms. The Kier molecular flexibility index (Phi) is 4.81. The van der Waals surface area contributed by atoms with Crippen LogP contribution in [0.1, 0.15) is 18.4 Å². The van der Waals surface area contributed by atoms with Gasteiger partial charge in [-0.2, -0.15) is 0 Å². The summed E-state index contributed by atoms with van der Waals surface area (Å²) >= 11 is 0. The number of para-hydroxylation sites is 1. The van der Waals surface area contributed by atoms with Crippen LogP contribution >= 0.6 is 0 Å². The van der Waals surface area contributed by atoms with Crippen molar-refractivity contribution in [1.82, 2.24) is 4.90 Å². The number of benzene rings is 1. The van der Waals surface area contributed by atoms with E-state index in [1.165, 1.54) is 7.11 Å². The van der Waals surface area contributed by atoms with Gasteiger partial charge in [-0.3, -0.25) is 14.4 Å². The van der Waals surface area contributed by atoms with Crippen LogP contribution in [0, 0.1) is 11.8 Å². The summed E-state index contributed by atoms with van der Waals surface area (Å²) in [6, 6.07) is 5.48. The van der Waals surface area contributed by atoms with Crippen molar-refractivity contribution in [3.05, 3.63) is 82.9 Å². The molecular weight excluding hydrogens is 408 g/mol. The second-order valence-electron chi connectivity index (χ2n) is 8.08. The second-order valence-corrected chi connectivity index (χ2v) is 8.08. The number of nitrogens with two attached hydrogens (primary N) is 1. The molecule has 1 aromatic carbocycles. The standard InChI is InChI=1S/C25H22N2O5/c1-31-19-8-4-5-15-13-27(16-11-9-14(10-12-16)25(26)30)20-21(28)17-6-2-3-7-18(17)22(29)24(20)32-23(15)19/h2-6,8-9,11-12,14,18H,7,10,13H2,1H3,(H2,26,30). The average molecular weight is 430 g/mol. The average Bonchev–Trinajstić information content (AvgIpc) is 3.00. The number of amides is 1. The van der Waals surface area contributed by atoms with E-state index in [1.54, 1.807) is 35.3 Å². The fraction of sp³-hybridized carbons (Fsp3) is 0.240. The molecule has 0 fully saturated rings. The van der Waals surface area contributed by atoms with E-state index in [2.05, 4.69) is 0 Å². The third-order valence-corrected chi connectivity index (χ3v) is 6.23. The van der Waals surface area contributed by atoms with Gasteiger partial charge in [-0.05, 0) is 25.0 Å². The quantitative estimate of drug-likeness (QED) is 0.792. The molecule has 7 heteroatoms. The van der Waals surface area contributed by atoms with Gasteiger partial charge < -0.3 is 20.1 Å². The Morgan fingerprint density at radius 3 is 2.81 bits per heavy atom. The fourth-order valence-electron chi connectivity index (χ4n) is 4.52. The molecule has 0 spiro atoms. The largest absolute Gasteiger partial charge is 0.493 e. The lowest BCUT2D eigenvalue weighted by Crippen LogP contribution is -2.39. The molecule has 1 aromatic rings. The van der Waals surface area contributed by atoms with E-state index in [4.69, 9.17) is 15.2 Å². The van der Waals surface area contributed by atoms with Gasteiger partial charge in [-0.15, -0.1) is 0 Å². The number of nitrogens with zero attached hydrogens (tertiary/aromatic N) is 1. The third-order valence-electron chi connectivity index (χ3n) is 6.23. The number of Topliss-reactive ketones (excluding diaryl/α,β-unsaturated/α-hetero) is 2. The van der Waals surface area contributed by atoms with Crippen molar-refractivity contribution >= 4 is 17.5 Å². The predicted molar refractivity (Wildman–Crippen MR) is 116 cm³/mol. The van der Waals surface area contributed by atoms with Gasteiger partial charge in [0.25, 0.3) is 0 Å². The smallest absolute Gasteiger partial charge is 0.224 e. The number of carbonyl (C=O) groups is 3. The maximum atomic E-state index is 13.6. The summed E-state index contributed by atoms with van der Waals surface area (Å²) in [5.74, 6) is -0.870. The predicted octanol–water partition coefficient (Wildman–Crippen LogP) is 2.70. The van der Waals surface area contributed by atoms with Crippen molar-refractivity contribution in [2.75, 3.05) is 7.11 Å². The van der Waals surface area contributed by atoms with Crippen LogP contribution in [-0.4, -0.2) is 29.5 Å². The number of rotatable bonds is 3. The molecule has 1 aliphatic heterocycles. The van der Waals surface area contributed by atoms with Crippen LogP contribution in [0.3, 0.4) is 0 Å². The van der Waals surface area contributed by atoms with Gasteiger partial charge >= 0.3 is 0 Å². The molecule has 162 valence electrons. The molecule has 3 aliphatic carbocycles. The van der Waals surface area contributed by atoms with Crippen molar-refractivity contribution in [1.29, 1.82) is 0 Å². The number of fused-ring (bicyclic) bond motifs is 2. The summed E-state index contributed by atoms with van der Waals surface area (Å²) in [7, 11) is 1.54. The maximum Gasteiger partial charge on any atom is 0.224 e. The van der Waals surface area contributed by atoms with Crippen LogP contribution < -0.4 is 15.2 Å². The lowest BCUT2D eigenvalue weighted by Gasteiger charge is -2.33. The molecule has 1 amide bonds. The first-order valence-electron chi connectivity index (χ1n) is 10.5. The van der Waals surface area contributed by atoms with E-state index < -0.39 is 17.7 Å². The molecule has 0 saturated heterocycles. The van der Waals surface area contributed by atoms with E-state index in [1.807, 2.05) is 24.3 Å². The van der Waals surface area contributed by atoms with Crippen molar-refractivity contribution < 1.29 is 23.9 Å². The lowest BCUT2D eigenvalue weighted by atomic mass is 9.79. The van der Waals surface area contributed by atoms with E-state index in [0.717, 1.165) is 5.56 Å². The van der Waals surface area contributed by atoms with Gasteiger partial charge in [0.15, 0.2) is 17.3 Å². The summed E-state index contributed by atoms with van der Waals surface area (Å²) in [5, 5.41) is 0. The van der Waals surface area contributed by atoms with E-state index >= 15 is 0 Å². The number of hydrogen-bond acceptors (Lipinski definition) is 6. The van der Waals surface area contributed by atoms with Gasteiger partial charge in [0.05, 0.1) is 25.5 Å². The third kappa shape index (κ3) is 3.09. The van der Waals surface area contributed by atoms with Crippen LogP contribution in [-0.2, 0) is 20.9 Å². The fourth-order valence-corrected chi connectivity index (χ4v) is 4.52. The highest BCUT2D eigenvalue weighted by Gasteiger charge is 2.45. The highest BCUT2D eigenvalue weighted by molar-refractivity contribution is 6.21.